The van der Waals surface area contributed by atoms with Gasteiger partial charge in [-0.2, -0.15) is 0 Å². The highest BCUT2D eigenvalue weighted by Crippen LogP contribution is 2.37. The molecule has 0 aromatic rings. The molecule has 0 amide bonds. The molecule has 0 spiro atoms. The highest BCUT2D eigenvalue weighted by molar-refractivity contribution is 5.83. The van der Waals surface area contributed by atoms with Crippen molar-refractivity contribution in [1.82, 2.24) is 0 Å². The predicted octanol–water partition coefficient (Wildman–Crippen LogP) is 4.47. The van der Waals surface area contributed by atoms with E-state index in [2.05, 4.69) is 6.92 Å². The molecular formula is C24H46N2O4. The zero-order valence-electron chi connectivity index (χ0n) is 19.8. The summed E-state index contributed by atoms with van der Waals surface area (Å²) in [4.78, 5) is 24.0. The second-order valence-corrected chi connectivity index (χ2v) is 9.38. The second kappa shape index (κ2) is 14.2. The number of methoxy groups -OCH3 is 1. The lowest BCUT2D eigenvalue weighted by atomic mass is 9.84. The highest BCUT2D eigenvalue weighted by Gasteiger charge is 2.36. The minimum absolute atomic E-state index is 0.0455. The Balaban J connectivity index is 2.35. The van der Waals surface area contributed by atoms with Gasteiger partial charge in [0.25, 0.3) is 0 Å². The molecule has 1 aliphatic carbocycles. The van der Waals surface area contributed by atoms with Gasteiger partial charge in [-0.1, -0.05) is 39.0 Å². The van der Waals surface area contributed by atoms with Crippen LogP contribution >= 0.6 is 0 Å². The van der Waals surface area contributed by atoms with E-state index < -0.39 is 5.66 Å². The van der Waals surface area contributed by atoms with Gasteiger partial charge in [-0.3, -0.25) is 9.59 Å². The number of ketones is 1. The zero-order valence-corrected chi connectivity index (χ0v) is 19.8. The lowest BCUT2D eigenvalue weighted by Crippen LogP contribution is -2.59. The van der Waals surface area contributed by atoms with Gasteiger partial charge in [0.1, 0.15) is 5.78 Å². The van der Waals surface area contributed by atoms with Gasteiger partial charge in [0, 0.05) is 25.9 Å². The number of nitrogens with two attached hydrogens (primary N) is 2. The number of carbonyl (C=O) groups is 2. The first-order valence-corrected chi connectivity index (χ1v) is 12.0. The fraction of sp³-hybridized carbons (Fsp3) is 0.917. The van der Waals surface area contributed by atoms with E-state index in [1.54, 1.807) is 7.11 Å². The first kappa shape index (κ1) is 27.1. The van der Waals surface area contributed by atoms with E-state index in [9.17, 15) is 9.59 Å². The summed E-state index contributed by atoms with van der Waals surface area (Å²) in [6, 6.07) is 0. The average Bonchev–Trinajstić information content (AvgIpc) is 3.02. The van der Waals surface area contributed by atoms with Crippen molar-refractivity contribution in [3.05, 3.63) is 0 Å². The van der Waals surface area contributed by atoms with Gasteiger partial charge in [-0.15, -0.1) is 0 Å². The fourth-order valence-electron chi connectivity index (χ4n) is 4.64. The molecule has 1 fully saturated rings. The molecule has 30 heavy (non-hydrogen) atoms. The van der Waals surface area contributed by atoms with Gasteiger partial charge in [-0.05, 0) is 58.3 Å². The fourth-order valence-corrected chi connectivity index (χ4v) is 4.64. The van der Waals surface area contributed by atoms with Gasteiger partial charge in [-0.25, -0.2) is 0 Å². The molecular weight excluding hydrogens is 380 g/mol. The SMILES string of the molecule is CCCCC(N)(N)C(CC[C@H]1CCC(=O)[C@@H]1CCCCCCC(=O)OC(C)C)OC. The molecule has 1 saturated carbocycles. The molecule has 176 valence electrons. The molecule has 4 N–H and O–H groups in total. The van der Waals surface area contributed by atoms with E-state index >= 15 is 0 Å². The van der Waals surface area contributed by atoms with E-state index in [1.165, 1.54) is 0 Å². The number of rotatable bonds is 16. The number of unbranched alkanes of at least 4 members (excludes halogenated alkanes) is 4. The normalized spacial score (nSPS) is 20.7. The molecule has 0 radical (unpaired) electrons. The Morgan fingerprint density at radius 2 is 1.83 bits per heavy atom. The van der Waals surface area contributed by atoms with Crippen LogP contribution in [0.2, 0.25) is 0 Å². The number of esters is 1. The molecule has 0 aromatic carbocycles. The zero-order chi connectivity index (χ0) is 22.6. The van der Waals surface area contributed by atoms with Crippen LogP contribution in [0.3, 0.4) is 0 Å². The molecule has 3 atom stereocenters. The van der Waals surface area contributed by atoms with Crippen LogP contribution in [0.4, 0.5) is 0 Å². The first-order valence-electron chi connectivity index (χ1n) is 12.0. The number of Topliss-reactive ketones (excluding diaryl/α,β-unsaturated/α-hetero) is 1. The van der Waals surface area contributed by atoms with Gasteiger partial charge >= 0.3 is 5.97 Å². The summed E-state index contributed by atoms with van der Waals surface area (Å²) in [7, 11) is 1.68. The van der Waals surface area contributed by atoms with Gasteiger partial charge in [0.05, 0.1) is 17.9 Å². The van der Waals surface area contributed by atoms with Crippen LogP contribution in [0, 0.1) is 11.8 Å². The van der Waals surface area contributed by atoms with Crippen molar-refractivity contribution in [2.75, 3.05) is 7.11 Å². The third-order valence-electron chi connectivity index (χ3n) is 6.40. The van der Waals surface area contributed by atoms with Crippen LogP contribution < -0.4 is 11.5 Å². The maximum absolute atomic E-state index is 12.4. The van der Waals surface area contributed by atoms with Crippen molar-refractivity contribution in [3.8, 4) is 0 Å². The summed E-state index contributed by atoms with van der Waals surface area (Å²) >= 11 is 0. The van der Waals surface area contributed by atoms with E-state index in [0.29, 0.717) is 24.5 Å². The van der Waals surface area contributed by atoms with Gasteiger partial charge < -0.3 is 20.9 Å². The minimum atomic E-state index is -0.806. The van der Waals surface area contributed by atoms with Crippen LogP contribution in [0.25, 0.3) is 0 Å². The Morgan fingerprint density at radius 1 is 1.13 bits per heavy atom. The van der Waals surface area contributed by atoms with Crippen LogP contribution in [0.5, 0.6) is 0 Å². The van der Waals surface area contributed by atoms with Crippen LogP contribution in [-0.4, -0.2) is 36.7 Å². The quantitative estimate of drug-likeness (QED) is 0.214. The van der Waals surface area contributed by atoms with Gasteiger partial charge in [0.2, 0.25) is 0 Å². The van der Waals surface area contributed by atoms with Crippen molar-refractivity contribution >= 4 is 11.8 Å². The van der Waals surface area contributed by atoms with E-state index in [0.717, 1.165) is 70.6 Å². The molecule has 0 aliphatic heterocycles. The summed E-state index contributed by atoms with van der Waals surface area (Å²) in [6.07, 6.45) is 11.4. The minimum Gasteiger partial charge on any atom is -0.463 e. The molecule has 1 aliphatic rings. The topological polar surface area (TPSA) is 105 Å². The Morgan fingerprint density at radius 3 is 2.47 bits per heavy atom. The maximum Gasteiger partial charge on any atom is 0.306 e. The lowest BCUT2D eigenvalue weighted by molar-refractivity contribution is -0.147. The third-order valence-corrected chi connectivity index (χ3v) is 6.40. The van der Waals surface area contributed by atoms with Gasteiger partial charge in [0.15, 0.2) is 0 Å². The van der Waals surface area contributed by atoms with Crippen LogP contribution in [-0.2, 0) is 19.1 Å². The molecule has 1 unspecified atom stereocenters. The molecule has 6 nitrogen and oxygen atoms in total. The highest BCUT2D eigenvalue weighted by atomic mass is 16.5. The Bertz CT molecular complexity index is 507. The van der Waals surface area contributed by atoms with Crippen molar-refractivity contribution < 1.29 is 19.1 Å². The standard InChI is InChI=1S/C24H46N2O4/c1-5-6-17-24(25,26)22(29-4)16-14-19-13-15-21(27)20(19)11-9-7-8-10-12-23(28)30-18(2)3/h18-20,22H,5-17,25-26H2,1-4H3/t19-,20-,22?/m1/s1. The summed E-state index contributed by atoms with van der Waals surface area (Å²) in [5.41, 5.74) is 11.9. The molecule has 6 heteroatoms. The van der Waals surface area contributed by atoms with Crippen molar-refractivity contribution in [3.63, 3.8) is 0 Å². The van der Waals surface area contributed by atoms with Crippen LogP contribution in [0.15, 0.2) is 0 Å². The second-order valence-electron chi connectivity index (χ2n) is 9.38. The molecule has 0 heterocycles. The largest absolute Gasteiger partial charge is 0.463 e. The van der Waals surface area contributed by atoms with Crippen molar-refractivity contribution in [1.29, 1.82) is 0 Å². The summed E-state index contributed by atoms with van der Waals surface area (Å²) in [6.45, 7) is 5.87. The summed E-state index contributed by atoms with van der Waals surface area (Å²) in [5, 5.41) is 0. The molecule has 0 bridgehead atoms. The number of hydrogen-bond donors (Lipinski definition) is 2. The summed E-state index contributed by atoms with van der Waals surface area (Å²) in [5.74, 6) is 0.873. The molecule has 0 saturated heterocycles. The Kier molecular flexibility index (Phi) is 12.8. The van der Waals surface area contributed by atoms with E-state index in [-0.39, 0.29) is 24.1 Å². The molecule has 1 rings (SSSR count). The molecule has 0 aromatic heterocycles. The third kappa shape index (κ3) is 9.88. The summed E-state index contributed by atoms with van der Waals surface area (Å²) < 4.78 is 10.8. The van der Waals surface area contributed by atoms with E-state index in [4.69, 9.17) is 20.9 Å². The number of carbonyl (C=O) groups excluding carboxylic acids is 2. The number of hydrogen-bond acceptors (Lipinski definition) is 6. The maximum atomic E-state index is 12.4. The van der Waals surface area contributed by atoms with Crippen LogP contribution in [0.1, 0.15) is 104 Å². The van der Waals surface area contributed by atoms with Crippen molar-refractivity contribution in [2.24, 2.45) is 23.3 Å². The monoisotopic (exact) mass is 426 g/mol. The average molecular weight is 427 g/mol. The predicted molar refractivity (Wildman–Crippen MR) is 121 cm³/mol. The first-order chi connectivity index (χ1) is 14.2. The Labute approximate surface area is 183 Å². The smallest absolute Gasteiger partial charge is 0.306 e. The lowest BCUT2D eigenvalue weighted by Gasteiger charge is -2.34. The van der Waals surface area contributed by atoms with Crippen molar-refractivity contribution in [2.45, 2.75) is 122 Å². The number of ether oxygens (including phenoxy) is 2. The van der Waals surface area contributed by atoms with E-state index in [1.807, 2.05) is 13.8 Å². The Hall–Kier alpha value is -0.980.